The second kappa shape index (κ2) is 5.72. The number of carbonyl (C=O) groups is 2. The summed E-state index contributed by atoms with van der Waals surface area (Å²) in [5.41, 5.74) is 0. The second-order valence-electron chi connectivity index (χ2n) is 5.61. The fraction of sp³-hybridized carbons (Fsp3) is 0.857. The van der Waals surface area contributed by atoms with Gasteiger partial charge in [0.1, 0.15) is 6.04 Å². The Morgan fingerprint density at radius 1 is 1.11 bits per heavy atom. The van der Waals surface area contributed by atoms with Gasteiger partial charge >= 0.3 is 0 Å². The van der Waals surface area contributed by atoms with Crippen molar-refractivity contribution >= 4 is 11.8 Å². The summed E-state index contributed by atoms with van der Waals surface area (Å²) >= 11 is 0. The van der Waals surface area contributed by atoms with Gasteiger partial charge in [-0.2, -0.15) is 0 Å². The molecule has 0 spiro atoms. The van der Waals surface area contributed by atoms with Crippen LogP contribution in [-0.4, -0.2) is 47.3 Å². The average molecular weight is 252 g/mol. The van der Waals surface area contributed by atoms with Crippen molar-refractivity contribution in [2.45, 2.75) is 52.0 Å². The summed E-state index contributed by atoms with van der Waals surface area (Å²) in [4.78, 5) is 28.0. The minimum Gasteiger partial charge on any atom is -0.341 e. The maximum Gasteiger partial charge on any atom is 0.245 e. The first kappa shape index (κ1) is 13.4. The van der Waals surface area contributed by atoms with E-state index in [4.69, 9.17) is 0 Å². The van der Waals surface area contributed by atoms with Crippen LogP contribution in [0.1, 0.15) is 46.0 Å². The van der Waals surface area contributed by atoms with E-state index in [2.05, 4.69) is 6.92 Å². The van der Waals surface area contributed by atoms with Crippen LogP contribution in [-0.2, 0) is 9.59 Å². The molecule has 0 aliphatic carbocycles. The first-order chi connectivity index (χ1) is 8.63. The van der Waals surface area contributed by atoms with Crippen molar-refractivity contribution in [2.24, 2.45) is 5.92 Å². The Labute approximate surface area is 109 Å². The third-order valence-electron chi connectivity index (χ3n) is 4.26. The van der Waals surface area contributed by atoms with Gasteiger partial charge < -0.3 is 9.80 Å². The number of piperidine rings is 1. The van der Waals surface area contributed by atoms with Crippen molar-refractivity contribution in [1.29, 1.82) is 0 Å². The third-order valence-corrected chi connectivity index (χ3v) is 4.26. The van der Waals surface area contributed by atoms with Crippen LogP contribution in [0, 0.1) is 5.92 Å². The normalized spacial score (nSPS) is 25.6. The molecule has 0 aromatic rings. The van der Waals surface area contributed by atoms with Crippen molar-refractivity contribution in [3.63, 3.8) is 0 Å². The van der Waals surface area contributed by atoms with Crippen LogP contribution < -0.4 is 0 Å². The maximum atomic E-state index is 12.5. The zero-order valence-corrected chi connectivity index (χ0v) is 11.5. The first-order valence-corrected chi connectivity index (χ1v) is 7.21. The van der Waals surface area contributed by atoms with E-state index in [0.29, 0.717) is 6.42 Å². The molecule has 1 atom stereocenters. The molecule has 2 aliphatic rings. The highest BCUT2D eigenvalue weighted by atomic mass is 16.2. The van der Waals surface area contributed by atoms with Crippen LogP contribution >= 0.6 is 0 Å². The summed E-state index contributed by atoms with van der Waals surface area (Å²) in [6.07, 6.45) is 4.50. The Bertz CT molecular complexity index is 322. The molecule has 0 radical (unpaired) electrons. The van der Waals surface area contributed by atoms with E-state index in [1.54, 1.807) is 4.90 Å². The number of hydrogen-bond acceptors (Lipinski definition) is 2. The molecule has 0 N–H and O–H groups in total. The van der Waals surface area contributed by atoms with Gasteiger partial charge in [0.15, 0.2) is 0 Å². The van der Waals surface area contributed by atoms with E-state index in [1.165, 1.54) is 0 Å². The Balaban J connectivity index is 1.97. The van der Waals surface area contributed by atoms with E-state index in [-0.39, 0.29) is 17.9 Å². The Kier molecular flexibility index (Phi) is 4.25. The summed E-state index contributed by atoms with van der Waals surface area (Å²) < 4.78 is 0. The van der Waals surface area contributed by atoms with Gasteiger partial charge in [-0.3, -0.25) is 9.59 Å². The molecule has 2 amide bonds. The van der Waals surface area contributed by atoms with E-state index in [0.717, 1.165) is 51.2 Å². The molecule has 0 saturated carbocycles. The fourth-order valence-corrected chi connectivity index (χ4v) is 2.96. The second-order valence-corrected chi connectivity index (χ2v) is 5.61. The predicted octanol–water partition coefficient (Wildman–Crippen LogP) is 1.65. The summed E-state index contributed by atoms with van der Waals surface area (Å²) in [6, 6.07) is -0.175. The Hall–Kier alpha value is -1.06. The van der Waals surface area contributed by atoms with Gasteiger partial charge in [0.2, 0.25) is 11.8 Å². The molecule has 2 saturated heterocycles. The van der Waals surface area contributed by atoms with Crippen LogP contribution in [0.2, 0.25) is 0 Å². The Morgan fingerprint density at radius 3 is 2.39 bits per heavy atom. The Morgan fingerprint density at radius 2 is 1.78 bits per heavy atom. The summed E-state index contributed by atoms with van der Waals surface area (Å²) in [5.74, 6) is 1.03. The van der Waals surface area contributed by atoms with Gasteiger partial charge in [-0.1, -0.05) is 13.8 Å². The third kappa shape index (κ3) is 2.68. The molecule has 4 nitrogen and oxygen atoms in total. The van der Waals surface area contributed by atoms with Gasteiger partial charge in [-0.05, 0) is 31.6 Å². The standard InChI is InChI=1S/C14H24N2O2/c1-3-13(17)16-8-4-5-12(16)14(18)15-9-6-11(2)7-10-15/h11-12H,3-10H2,1-2H3. The molecule has 102 valence electrons. The highest BCUT2D eigenvalue weighted by Gasteiger charge is 2.36. The highest BCUT2D eigenvalue weighted by molar-refractivity contribution is 5.88. The lowest BCUT2D eigenvalue weighted by atomic mass is 9.98. The SMILES string of the molecule is CCC(=O)N1CCCC1C(=O)N1CCC(C)CC1. The molecular formula is C14H24N2O2. The smallest absolute Gasteiger partial charge is 0.245 e. The summed E-state index contributed by atoms with van der Waals surface area (Å²) in [6.45, 7) is 6.59. The maximum absolute atomic E-state index is 12.5. The molecule has 2 aliphatic heterocycles. The van der Waals surface area contributed by atoms with Crippen LogP contribution in [0.25, 0.3) is 0 Å². The van der Waals surface area contributed by atoms with Crippen LogP contribution in [0.3, 0.4) is 0 Å². The highest BCUT2D eigenvalue weighted by Crippen LogP contribution is 2.23. The minimum atomic E-state index is -0.175. The van der Waals surface area contributed by atoms with Crippen molar-refractivity contribution in [3.8, 4) is 0 Å². The molecule has 0 aromatic heterocycles. The molecule has 2 fully saturated rings. The molecule has 1 unspecified atom stereocenters. The molecule has 18 heavy (non-hydrogen) atoms. The number of amides is 2. The quantitative estimate of drug-likeness (QED) is 0.749. The van der Waals surface area contributed by atoms with Crippen molar-refractivity contribution in [2.75, 3.05) is 19.6 Å². The van der Waals surface area contributed by atoms with Gasteiger partial charge in [0.05, 0.1) is 0 Å². The fourth-order valence-electron chi connectivity index (χ4n) is 2.96. The predicted molar refractivity (Wildman–Crippen MR) is 70.0 cm³/mol. The van der Waals surface area contributed by atoms with E-state index in [9.17, 15) is 9.59 Å². The lowest BCUT2D eigenvalue weighted by Gasteiger charge is -2.34. The van der Waals surface area contributed by atoms with E-state index >= 15 is 0 Å². The summed E-state index contributed by atoms with van der Waals surface area (Å²) in [7, 11) is 0. The number of carbonyl (C=O) groups excluding carboxylic acids is 2. The average Bonchev–Trinajstić information content (AvgIpc) is 2.87. The van der Waals surface area contributed by atoms with Crippen LogP contribution in [0.15, 0.2) is 0 Å². The molecule has 2 rings (SSSR count). The molecule has 4 heteroatoms. The monoisotopic (exact) mass is 252 g/mol. The molecular weight excluding hydrogens is 228 g/mol. The van der Waals surface area contributed by atoms with Crippen molar-refractivity contribution in [1.82, 2.24) is 9.80 Å². The van der Waals surface area contributed by atoms with Crippen LogP contribution in [0.4, 0.5) is 0 Å². The number of hydrogen-bond donors (Lipinski definition) is 0. The van der Waals surface area contributed by atoms with Crippen molar-refractivity contribution in [3.05, 3.63) is 0 Å². The largest absolute Gasteiger partial charge is 0.341 e. The zero-order chi connectivity index (χ0) is 13.1. The van der Waals surface area contributed by atoms with Crippen LogP contribution in [0.5, 0.6) is 0 Å². The minimum absolute atomic E-state index is 0.122. The van der Waals surface area contributed by atoms with Gasteiger partial charge in [0, 0.05) is 26.1 Å². The number of likely N-dealkylation sites (tertiary alicyclic amines) is 2. The van der Waals surface area contributed by atoms with Crippen molar-refractivity contribution < 1.29 is 9.59 Å². The topological polar surface area (TPSA) is 40.6 Å². The molecule has 2 heterocycles. The number of rotatable bonds is 2. The van der Waals surface area contributed by atoms with E-state index < -0.39 is 0 Å². The van der Waals surface area contributed by atoms with E-state index in [1.807, 2.05) is 11.8 Å². The summed E-state index contributed by atoms with van der Waals surface area (Å²) in [5, 5.41) is 0. The van der Waals surface area contributed by atoms with Gasteiger partial charge in [0.25, 0.3) is 0 Å². The molecule has 0 bridgehead atoms. The number of nitrogens with zero attached hydrogens (tertiary/aromatic N) is 2. The molecule has 0 aromatic carbocycles. The lowest BCUT2D eigenvalue weighted by molar-refractivity contribution is -0.144. The zero-order valence-electron chi connectivity index (χ0n) is 11.5. The lowest BCUT2D eigenvalue weighted by Crippen LogP contribution is -2.49. The first-order valence-electron chi connectivity index (χ1n) is 7.21. The van der Waals surface area contributed by atoms with Gasteiger partial charge in [-0.15, -0.1) is 0 Å². The van der Waals surface area contributed by atoms with Gasteiger partial charge in [-0.25, -0.2) is 0 Å².